The van der Waals surface area contributed by atoms with E-state index in [-0.39, 0.29) is 11.9 Å². The van der Waals surface area contributed by atoms with Gasteiger partial charge in [-0.25, -0.2) is 4.98 Å². The molecule has 7 nitrogen and oxygen atoms in total. The number of rotatable bonds is 7. The third kappa shape index (κ3) is 4.77. The zero-order chi connectivity index (χ0) is 25.1. The van der Waals surface area contributed by atoms with E-state index in [0.717, 1.165) is 39.2 Å². The molecule has 2 aromatic carbocycles. The Hall–Kier alpha value is -4.65. The summed E-state index contributed by atoms with van der Waals surface area (Å²) in [5.41, 5.74) is 6.29. The molecule has 3 heterocycles. The molecule has 0 fully saturated rings. The Morgan fingerprint density at radius 2 is 1.78 bits per heavy atom. The van der Waals surface area contributed by atoms with Crippen molar-refractivity contribution in [2.24, 2.45) is 0 Å². The van der Waals surface area contributed by atoms with Gasteiger partial charge in [0.15, 0.2) is 0 Å². The number of aryl methyl sites for hydroxylation is 2. The van der Waals surface area contributed by atoms with Gasteiger partial charge in [0.05, 0.1) is 18.8 Å². The first kappa shape index (κ1) is 23.1. The molecule has 36 heavy (non-hydrogen) atoms. The topological polar surface area (TPSA) is 91.9 Å². The smallest absolute Gasteiger partial charge is 0.255 e. The number of methoxy groups -OCH3 is 1. The molecule has 3 aromatic heterocycles. The lowest BCUT2D eigenvalue weighted by Crippen LogP contribution is -2.15. The van der Waals surface area contributed by atoms with Gasteiger partial charge in [0.1, 0.15) is 11.6 Å². The minimum Gasteiger partial charge on any atom is -0.497 e. The maximum Gasteiger partial charge on any atom is 0.255 e. The number of H-pyrrole nitrogens is 1. The number of benzene rings is 2. The molecule has 5 rings (SSSR count). The number of fused-ring (bicyclic) bond motifs is 1. The summed E-state index contributed by atoms with van der Waals surface area (Å²) >= 11 is 0. The minimum atomic E-state index is -0.248. The fourth-order valence-corrected chi connectivity index (χ4v) is 4.35. The lowest BCUT2D eigenvalue weighted by atomic mass is 9.99. The van der Waals surface area contributed by atoms with Gasteiger partial charge in [-0.15, -0.1) is 0 Å². The molecule has 0 radical (unpaired) electrons. The number of hydrogen-bond donors (Lipinski definition) is 3. The second-order valence-electron chi connectivity index (χ2n) is 8.66. The Morgan fingerprint density at radius 3 is 2.50 bits per heavy atom. The first-order valence-electron chi connectivity index (χ1n) is 11.7. The monoisotopic (exact) mass is 477 g/mol. The fourth-order valence-electron chi connectivity index (χ4n) is 4.35. The third-order valence-corrected chi connectivity index (χ3v) is 6.13. The highest BCUT2D eigenvalue weighted by atomic mass is 16.5. The first-order chi connectivity index (χ1) is 17.5. The average molecular weight is 478 g/mol. The van der Waals surface area contributed by atoms with Crippen LogP contribution in [-0.4, -0.2) is 28.0 Å². The number of carbonyl (C=O) groups is 1. The number of pyridine rings is 2. The van der Waals surface area contributed by atoms with Gasteiger partial charge in [-0.1, -0.05) is 6.07 Å². The van der Waals surface area contributed by atoms with Gasteiger partial charge >= 0.3 is 0 Å². The van der Waals surface area contributed by atoms with Crippen molar-refractivity contribution < 1.29 is 9.53 Å². The molecule has 0 saturated heterocycles. The van der Waals surface area contributed by atoms with E-state index in [9.17, 15) is 4.79 Å². The standard InChI is InChI=1S/C29H27N5O2/c1-18-13-15-31-26(16-18)34-28(25-6-4-5-14-30-25)27-19(2)32-24-12-9-21(17-23(24)27)33-29(35)20-7-10-22(36-3)11-8-20/h4-17,28,32H,1-3H3,(H,31,34)(H,33,35). The molecule has 0 aliphatic carbocycles. The van der Waals surface area contributed by atoms with Crippen molar-refractivity contribution in [1.82, 2.24) is 15.0 Å². The van der Waals surface area contributed by atoms with Gasteiger partial charge in [0, 0.05) is 45.8 Å². The van der Waals surface area contributed by atoms with E-state index in [0.29, 0.717) is 17.0 Å². The number of nitrogens with zero attached hydrogens (tertiary/aromatic N) is 2. The highest BCUT2D eigenvalue weighted by Crippen LogP contribution is 2.35. The van der Waals surface area contributed by atoms with Crippen molar-refractivity contribution in [3.8, 4) is 5.75 Å². The Balaban J connectivity index is 1.53. The van der Waals surface area contributed by atoms with Crippen molar-refractivity contribution in [1.29, 1.82) is 0 Å². The van der Waals surface area contributed by atoms with E-state index < -0.39 is 0 Å². The summed E-state index contributed by atoms with van der Waals surface area (Å²) in [5, 5.41) is 7.59. The second kappa shape index (κ2) is 9.92. The van der Waals surface area contributed by atoms with Crippen LogP contribution in [0.2, 0.25) is 0 Å². The van der Waals surface area contributed by atoms with Crippen LogP contribution in [0.3, 0.4) is 0 Å². The molecule has 0 aliphatic rings. The number of carbonyl (C=O) groups excluding carboxylic acids is 1. The number of nitrogens with one attached hydrogen (secondary N) is 3. The summed E-state index contributed by atoms with van der Waals surface area (Å²) in [6.45, 7) is 4.09. The molecule has 0 bridgehead atoms. The summed E-state index contributed by atoms with van der Waals surface area (Å²) in [6.07, 6.45) is 3.58. The maximum absolute atomic E-state index is 12.9. The fraction of sp³-hybridized carbons (Fsp3) is 0.138. The summed E-state index contributed by atoms with van der Waals surface area (Å²) in [5.74, 6) is 1.29. The molecule has 1 unspecified atom stereocenters. The molecule has 1 amide bonds. The average Bonchev–Trinajstić information content (AvgIpc) is 3.22. The van der Waals surface area contributed by atoms with Crippen LogP contribution in [0, 0.1) is 13.8 Å². The van der Waals surface area contributed by atoms with E-state index in [2.05, 4.69) is 25.6 Å². The van der Waals surface area contributed by atoms with Crippen LogP contribution in [0.4, 0.5) is 11.5 Å². The Kier molecular flexibility index (Phi) is 6.36. The number of anilines is 2. The van der Waals surface area contributed by atoms with E-state index in [1.807, 2.05) is 62.4 Å². The van der Waals surface area contributed by atoms with Gasteiger partial charge in [-0.05, 0) is 86.1 Å². The van der Waals surface area contributed by atoms with E-state index in [1.54, 1.807) is 43.8 Å². The number of hydrogen-bond acceptors (Lipinski definition) is 5. The van der Waals surface area contributed by atoms with Gasteiger partial charge in [0.25, 0.3) is 5.91 Å². The summed E-state index contributed by atoms with van der Waals surface area (Å²) in [6, 6.07) is 22.5. The predicted molar refractivity (Wildman–Crippen MR) is 143 cm³/mol. The molecular formula is C29H27N5O2. The Bertz CT molecular complexity index is 1510. The number of ether oxygens (including phenoxy) is 1. The highest BCUT2D eigenvalue weighted by Gasteiger charge is 2.23. The predicted octanol–water partition coefficient (Wildman–Crippen LogP) is 6.04. The van der Waals surface area contributed by atoms with Crippen molar-refractivity contribution in [3.05, 3.63) is 113 Å². The van der Waals surface area contributed by atoms with Crippen LogP contribution in [0.25, 0.3) is 10.9 Å². The molecule has 3 N–H and O–H groups in total. The van der Waals surface area contributed by atoms with Crippen LogP contribution in [0.1, 0.15) is 38.9 Å². The summed E-state index contributed by atoms with van der Waals surface area (Å²) in [7, 11) is 1.60. The largest absolute Gasteiger partial charge is 0.497 e. The molecule has 1 atom stereocenters. The normalized spacial score (nSPS) is 11.8. The highest BCUT2D eigenvalue weighted by molar-refractivity contribution is 6.05. The second-order valence-corrected chi connectivity index (χ2v) is 8.66. The summed E-state index contributed by atoms with van der Waals surface area (Å²) in [4.78, 5) is 25.5. The van der Waals surface area contributed by atoms with E-state index >= 15 is 0 Å². The third-order valence-electron chi connectivity index (χ3n) is 6.13. The molecule has 180 valence electrons. The maximum atomic E-state index is 12.9. The lowest BCUT2D eigenvalue weighted by Gasteiger charge is -2.20. The Labute approximate surface area is 209 Å². The molecule has 5 aromatic rings. The van der Waals surface area contributed by atoms with Crippen LogP contribution >= 0.6 is 0 Å². The molecule has 0 aliphatic heterocycles. The van der Waals surface area contributed by atoms with E-state index in [1.165, 1.54) is 0 Å². The van der Waals surface area contributed by atoms with E-state index in [4.69, 9.17) is 4.74 Å². The molecule has 0 saturated carbocycles. The quantitative estimate of drug-likeness (QED) is 0.266. The number of amides is 1. The van der Waals surface area contributed by atoms with Crippen molar-refractivity contribution in [2.45, 2.75) is 19.9 Å². The molecular weight excluding hydrogens is 450 g/mol. The van der Waals surface area contributed by atoms with Gasteiger partial charge < -0.3 is 20.4 Å². The van der Waals surface area contributed by atoms with Gasteiger partial charge in [-0.2, -0.15) is 0 Å². The van der Waals surface area contributed by atoms with Crippen molar-refractivity contribution in [2.75, 3.05) is 17.7 Å². The lowest BCUT2D eigenvalue weighted by molar-refractivity contribution is 0.102. The van der Waals surface area contributed by atoms with Gasteiger partial charge in [0.2, 0.25) is 0 Å². The number of aromatic nitrogens is 3. The van der Waals surface area contributed by atoms with Gasteiger partial charge in [-0.3, -0.25) is 9.78 Å². The van der Waals surface area contributed by atoms with Crippen LogP contribution in [-0.2, 0) is 0 Å². The minimum absolute atomic E-state index is 0.186. The van der Waals surface area contributed by atoms with Crippen LogP contribution in [0.15, 0.2) is 85.2 Å². The first-order valence-corrected chi connectivity index (χ1v) is 11.7. The van der Waals surface area contributed by atoms with Crippen molar-refractivity contribution >= 4 is 28.3 Å². The molecule has 7 heteroatoms. The Morgan fingerprint density at radius 1 is 0.944 bits per heavy atom. The summed E-state index contributed by atoms with van der Waals surface area (Å²) < 4.78 is 5.19. The number of aromatic amines is 1. The SMILES string of the molecule is COc1ccc(C(=O)Nc2ccc3[nH]c(C)c(C(Nc4cc(C)ccn4)c4ccccn4)c3c2)cc1. The van der Waals surface area contributed by atoms with Crippen LogP contribution < -0.4 is 15.4 Å². The molecule has 0 spiro atoms. The zero-order valence-electron chi connectivity index (χ0n) is 20.4. The van der Waals surface area contributed by atoms with Crippen molar-refractivity contribution in [3.63, 3.8) is 0 Å². The zero-order valence-corrected chi connectivity index (χ0v) is 20.4. The van der Waals surface area contributed by atoms with Crippen LogP contribution in [0.5, 0.6) is 5.75 Å².